The van der Waals surface area contributed by atoms with Gasteiger partial charge in [0.05, 0.1) is 5.60 Å². The maximum atomic E-state index is 11.2. The number of aliphatic hydroxyl groups is 1. The minimum absolute atomic E-state index is 0.116. The zero-order valence-electron chi connectivity index (χ0n) is 11.7. The molecule has 0 aromatic carbocycles. The lowest BCUT2D eigenvalue weighted by molar-refractivity contribution is -0.135. The molecule has 0 aromatic rings. The molecular weight excluding hydrogens is 228 g/mol. The van der Waals surface area contributed by atoms with Gasteiger partial charge in [-0.1, -0.05) is 6.92 Å². The van der Waals surface area contributed by atoms with Crippen LogP contribution in [0.3, 0.4) is 0 Å². The summed E-state index contributed by atoms with van der Waals surface area (Å²) in [6, 6.07) is 0. The van der Waals surface area contributed by atoms with Crippen molar-refractivity contribution in [1.29, 1.82) is 0 Å². The van der Waals surface area contributed by atoms with Gasteiger partial charge in [0.2, 0.25) is 0 Å². The SMILES string of the molecule is CCN1CCCC(O)(C2(CN)CCOCC2)CC1. The standard InChI is InChI=1S/C14H28N2O2/c1-2-16-8-3-4-14(17,5-9-16)13(12-15)6-10-18-11-7-13/h17H,2-12,15H2,1H3. The molecular formula is C14H28N2O2. The predicted octanol–water partition coefficient (Wildman–Crippen LogP) is 0.979. The first-order chi connectivity index (χ1) is 8.66. The number of ether oxygens (including phenoxy) is 1. The number of likely N-dealkylation sites (tertiary alicyclic amines) is 1. The molecule has 4 nitrogen and oxygen atoms in total. The van der Waals surface area contributed by atoms with Crippen LogP contribution < -0.4 is 5.73 Å². The van der Waals surface area contributed by atoms with E-state index >= 15 is 0 Å². The van der Waals surface area contributed by atoms with Crippen molar-refractivity contribution in [2.45, 2.75) is 44.6 Å². The van der Waals surface area contributed by atoms with Crippen LogP contribution in [0.4, 0.5) is 0 Å². The summed E-state index contributed by atoms with van der Waals surface area (Å²) < 4.78 is 5.46. The zero-order chi connectivity index (χ0) is 13.1. The predicted molar refractivity (Wildman–Crippen MR) is 72.5 cm³/mol. The third-order valence-corrected chi connectivity index (χ3v) is 5.18. The molecule has 2 fully saturated rings. The van der Waals surface area contributed by atoms with Crippen molar-refractivity contribution in [3.05, 3.63) is 0 Å². The topological polar surface area (TPSA) is 58.7 Å². The van der Waals surface area contributed by atoms with Crippen LogP contribution in [0.15, 0.2) is 0 Å². The minimum atomic E-state index is -0.588. The zero-order valence-corrected chi connectivity index (χ0v) is 11.7. The highest BCUT2D eigenvalue weighted by Gasteiger charge is 2.49. The molecule has 18 heavy (non-hydrogen) atoms. The fourth-order valence-electron chi connectivity index (χ4n) is 3.64. The van der Waals surface area contributed by atoms with E-state index in [1.165, 1.54) is 0 Å². The average Bonchev–Trinajstić information content (AvgIpc) is 2.62. The normalized spacial score (nSPS) is 34.2. The third-order valence-electron chi connectivity index (χ3n) is 5.18. The Hall–Kier alpha value is -0.160. The summed E-state index contributed by atoms with van der Waals surface area (Å²) in [5, 5.41) is 11.2. The molecule has 2 saturated heterocycles. The lowest BCUT2D eigenvalue weighted by atomic mass is 9.64. The molecule has 0 amide bonds. The summed E-state index contributed by atoms with van der Waals surface area (Å²) in [5.41, 5.74) is 5.34. The first-order valence-corrected chi connectivity index (χ1v) is 7.38. The highest BCUT2D eigenvalue weighted by atomic mass is 16.5. The lowest BCUT2D eigenvalue weighted by Crippen LogP contribution is -2.55. The molecule has 1 atom stereocenters. The van der Waals surface area contributed by atoms with E-state index in [0.29, 0.717) is 6.54 Å². The molecule has 2 rings (SSSR count). The van der Waals surface area contributed by atoms with Crippen molar-refractivity contribution in [3.8, 4) is 0 Å². The van der Waals surface area contributed by atoms with Gasteiger partial charge < -0.3 is 20.5 Å². The van der Waals surface area contributed by atoms with E-state index in [2.05, 4.69) is 11.8 Å². The van der Waals surface area contributed by atoms with Crippen LogP contribution in [0, 0.1) is 5.41 Å². The molecule has 0 saturated carbocycles. The molecule has 0 aromatic heterocycles. The average molecular weight is 256 g/mol. The molecule has 1 unspecified atom stereocenters. The van der Waals surface area contributed by atoms with Gasteiger partial charge in [-0.15, -0.1) is 0 Å². The molecule has 2 aliphatic rings. The number of rotatable bonds is 3. The van der Waals surface area contributed by atoms with E-state index < -0.39 is 5.60 Å². The molecule has 0 bridgehead atoms. The molecule has 0 spiro atoms. The maximum absolute atomic E-state index is 11.2. The lowest BCUT2D eigenvalue weighted by Gasteiger charge is -2.49. The van der Waals surface area contributed by atoms with Crippen molar-refractivity contribution in [2.75, 3.05) is 39.4 Å². The second kappa shape index (κ2) is 5.87. The van der Waals surface area contributed by atoms with E-state index in [4.69, 9.17) is 10.5 Å². The molecule has 4 heteroatoms. The molecule has 0 aliphatic carbocycles. The number of hydrogen-bond acceptors (Lipinski definition) is 4. The first-order valence-electron chi connectivity index (χ1n) is 7.38. The Balaban J connectivity index is 2.12. The number of nitrogens with two attached hydrogens (primary N) is 1. The Morgan fingerprint density at radius 2 is 1.89 bits per heavy atom. The molecule has 106 valence electrons. The summed E-state index contributed by atoms with van der Waals surface area (Å²) >= 11 is 0. The quantitative estimate of drug-likeness (QED) is 0.790. The van der Waals surface area contributed by atoms with Crippen molar-refractivity contribution in [3.63, 3.8) is 0 Å². The number of hydrogen-bond donors (Lipinski definition) is 2. The van der Waals surface area contributed by atoms with Crippen LogP contribution in [-0.2, 0) is 4.74 Å². The van der Waals surface area contributed by atoms with Crippen LogP contribution in [0.2, 0.25) is 0 Å². The van der Waals surface area contributed by atoms with Gasteiger partial charge in [-0.3, -0.25) is 0 Å². The monoisotopic (exact) mass is 256 g/mol. The van der Waals surface area contributed by atoms with Crippen LogP contribution >= 0.6 is 0 Å². The van der Waals surface area contributed by atoms with E-state index in [-0.39, 0.29) is 5.41 Å². The summed E-state index contributed by atoms with van der Waals surface area (Å²) in [6.07, 6.45) is 4.64. The molecule has 2 heterocycles. The van der Waals surface area contributed by atoms with Gasteiger partial charge in [0, 0.05) is 31.7 Å². The highest BCUT2D eigenvalue weighted by molar-refractivity contribution is 5.02. The van der Waals surface area contributed by atoms with Gasteiger partial charge in [-0.05, 0) is 45.2 Å². The van der Waals surface area contributed by atoms with E-state index in [9.17, 15) is 5.11 Å². The van der Waals surface area contributed by atoms with Gasteiger partial charge in [0.15, 0.2) is 0 Å². The Kier molecular flexibility index (Phi) is 4.64. The van der Waals surface area contributed by atoms with Crippen LogP contribution in [-0.4, -0.2) is 55.0 Å². The summed E-state index contributed by atoms with van der Waals surface area (Å²) in [5.74, 6) is 0. The van der Waals surface area contributed by atoms with Gasteiger partial charge in [0.25, 0.3) is 0 Å². The minimum Gasteiger partial charge on any atom is -0.389 e. The van der Waals surface area contributed by atoms with Gasteiger partial charge in [-0.2, -0.15) is 0 Å². The molecule has 2 aliphatic heterocycles. The Bertz CT molecular complexity index is 267. The van der Waals surface area contributed by atoms with Crippen molar-refractivity contribution in [2.24, 2.45) is 11.1 Å². The second-order valence-corrected chi connectivity index (χ2v) is 5.92. The first kappa shape index (κ1) is 14.3. The van der Waals surface area contributed by atoms with Crippen LogP contribution in [0.1, 0.15) is 39.0 Å². The van der Waals surface area contributed by atoms with E-state index in [1.807, 2.05) is 0 Å². The van der Waals surface area contributed by atoms with Gasteiger partial charge >= 0.3 is 0 Å². The fourth-order valence-corrected chi connectivity index (χ4v) is 3.64. The third kappa shape index (κ3) is 2.57. The summed E-state index contributed by atoms with van der Waals surface area (Å²) in [7, 11) is 0. The molecule has 3 N–H and O–H groups in total. The Labute approximate surface area is 110 Å². The van der Waals surface area contributed by atoms with Crippen LogP contribution in [0.5, 0.6) is 0 Å². The smallest absolute Gasteiger partial charge is 0.0730 e. The van der Waals surface area contributed by atoms with Gasteiger partial charge in [0.1, 0.15) is 0 Å². The summed E-state index contributed by atoms with van der Waals surface area (Å²) in [4.78, 5) is 2.43. The van der Waals surface area contributed by atoms with Crippen molar-refractivity contribution >= 4 is 0 Å². The fraction of sp³-hybridized carbons (Fsp3) is 1.00. The van der Waals surface area contributed by atoms with Gasteiger partial charge in [-0.25, -0.2) is 0 Å². The maximum Gasteiger partial charge on any atom is 0.0730 e. The van der Waals surface area contributed by atoms with Crippen LogP contribution in [0.25, 0.3) is 0 Å². The second-order valence-electron chi connectivity index (χ2n) is 5.92. The summed E-state index contributed by atoms with van der Waals surface area (Å²) in [6.45, 7) is 7.45. The molecule has 0 radical (unpaired) electrons. The highest BCUT2D eigenvalue weighted by Crippen LogP contribution is 2.45. The number of nitrogens with zero attached hydrogens (tertiary/aromatic N) is 1. The largest absolute Gasteiger partial charge is 0.389 e. The Morgan fingerprint density at radius 3 is 2.50 bits per heavy atom. The van der Waals surface area contributed by atoms with Crippen molar-refractivity contribution < 1.29 is 9.84 Å². The van der Waals surface area contributed by atoms with E-state index in [0.717, 1.165) is 65.0 Å². The van der Waals surface area contributed by atoms with Crippen molar-refractivity contribution in [1.82, 2.24) is 4.90 Å². The Morgan fingerprint density at radius 1 is 1.17 bits per heavy atom. The van der Waals surface area contributed by atoms with E-state index in [1.54, 1.807) is 0 Å².